The second kappa shape index (κ2) is 12.5. The highest BCUT2D eigenvalue weighted by Crippen LogP contribution is 2.34. The predicted molar refractivity (Wildman–Crippen MR) is 139 cm³/mol. The number of hydrogen-bond acceptors (Lipinski definition) is 8. The number of aliphatic hydroxyl groups is 4. The molecule has 5 atom stereocenters. The van der Waals surface area contributed by atoms with E-state index in [2.05, 4.69) is 5.16 Å². The summed E-state index contributed by atoms with van der Waals surface area (Å²) in [7, 11) is 1.50. The molecule has 196 valence electrons. The van der Waals surface area contributed by atoms with Crippen molar-refractivity contribution in [3.8, 4) is 5.75 Å². The van der Waals surface area contributed by atoms with E-state index >= 15 is 0 Å². The summed E-state index contributed by atoms with van der Waals surface area (Å²) >= 11 is 6.45. The highest BCUT2D eigenvalue weighted by molar-refractivity contribution is 6.31. The molecule has 0 unspecified atom stereocenters. The quantitative estimate of drug-likeness (QED) is 0.249. The summed E-state index contributed by atoms with van der Waals surface area (Å²) in [6, 6.07) is 22.4. The Kier molecular flexibility index (Phi) is 9.15. The first-order valence-electron chi connectivity index (χ1n) is 11.9. The van der Waals surface area contributed by atoms with Crippen LogP contribution in [0.15, 0.2) is 78.0 Å². The molecule has 4 rings (SSSR count). The average Bonchev–Trinajstić information content (AvgIpc) is 2.92. The van der Waals surface area contributed by atoms with Crippen LogP contribution in [0.1, 0.15) is 28.4 Å². The lowest BCUT2D eigenvalue weighted by molar-refractivity contribution is -0.231. The number of nitrogens with zero attached hydrogens (tertiary/aromatic N) is 1. The van der Waals surface area contributed by atoms with Crippen molar-refractivity contribution in [2.75, 3.05) is 20.3 Å². The zero-order chi connectivity index (χ0) is 26.4. The molecule has 1 fully saturated rings. The summed E-state index contributed by atoms with van der Waals surface area (Å²) in [5.74, 6) is 0.671. The Morgan fingerprint density at radius 1 is 0.946 bits per heavy atom. The van der Waals surface area contributed by atoms with Gasteiger partial charge >= 0.3 is 0 Å². The molecule has 9 heteroatoms. The Hall–Kier alpha value is -2.98. The van der Waals surface area contributed by atoms with E-state index in [4.69, 9.17) is 25.9 Å². The fourth-order valence-electron chi connectivity index (χ4n) is 4.26. The van der Waals surface area contributed by atoms with E-state index in [1.165, 1.54) is 7.11 Å². The summed E-state index contributed by atoms with van der Waals surface area (Å²) in [4.78, 5) is 4.96. The molecule has 0 saturated carbocycles. The first-order valence-corrected chi connectivity index (χ1v) is 12.2. The third-order valence-corrected chi connectivity index (χ3v) is 6.66. The largest absolute Gasteiger partial charge is 0.487 e. The molecule has 0 aliphatic carbocycles. The van der Waals surface area contributed by atoms with Gasteiger partial charge in [-0.15, -0.1) is 0 Å². The van der Waals surface area contributed by atoms with Crippen LogP contribution in [-0.2, 0) is 16.0 Å². The van der Waals surface area contributed by atoms with Gasteiger partial charge in [-0.25, -0.2) is 0 Å². The van der Waals surface area contributed by atoms with Gasteiger partial charge < -0.3 is 34.7 Å². The molecule has 3 aromatic rings. The van der Waals surface area contributed by atoms with Gasteiger partial charge in [0.1, 0.15) is 55.7 Å². The number of rotatable bonds is 9. The maximum atomic E-state index is 10.5. The number of ether oxygens (including phenoxy) is 2. The molecule has 3 aromatic carbocycles. The van der Waals surface area contributed by atoms with Gasteiger partial charge in [0.25, 0.3) is 0 Å². The van der Waals surface area contributed by atoms with Crippen molar-refractivity contribution >= 4 is 17.3 Å². The van der Waals surface area contributed by atoms with Crippen LogP contribution in [-0.4, -0.2) is 70.9 Å². The number of halogens is 1. The average molecular weight is 528 g/mol. The third-order valence-electron chi connectivity index (χ3n) is 6.29. The van der Waals surface area contributed by atoms with E-state index < -0.39 is 37.1 Å². The molecule has 8 nitrogen and oxygen atoms in total. The highest BCUT2D eigenvalue weighted by atomic mass is 35.5. The lowest BCUT2D eigenvalue weighted by Gasteiger charge is -2.40. The Morgan fingerprint density at radius 3 is 2.35 bits per heavy atom. The minimum absolute atomic E-state index is 0.240. The summed E-state index contributed by atoms with van der Waals surface area (Å²) in [6.45, 7) is -0.245. The van der Waals surface area contributed by atoms with Crippen molar-refractivity contribution in [3.05, 3.63) is 100 Å². The number of hydrogen-bond donors (Lipinski definition) is 4. The van der Waals surface area contributed by atoms with Crippen molar-refractivity contribution in [2.45, 2.75) is 36.9 Å². The van der Waals surface area contributed by atoms with E-state index in [0.29, 0.717) is 28.5 Å². The smallest absolute Gasteiger partial charge is 0.134 e. The van der Waals surface area contributed by atoms with Gasteiger partial charge in [0.05, 0.1) is 6.61 Å². The van der Waals surface area contributed by atoms with Crippen molar-refractivity contribution < 1.29 is 34.7 Å². The molecule has 1 aliphatic heterocycles. The zero-order valence-electron chi connectivity index (χ0n) is 20.3. The van der Waals surface area contributed by atoms with Crippen molar-refractivity contribution in [1.29, 1.82) is 0 Å². The summed E-state index contributed by atoms with van der Waals surface area (Å²) in [6.07, 6.45) is -5.61. The predicted octanol–water partition coefficient (Wildman–Crippen LogP) is 2.88. The third kappa shape index (κ3) is 6.48. The highest BCUT2D eigenvalue weighted by Gasteiger charge is 2.44. The Morgan fingerprint density at radius 2 is 1.68 bits per heavy atom. The monoisotopic (exact) mass is 527 g/mol. The molecule has 4 N–H and O–H groups in total. The van der Waals surface area contributed by atoms with Gasteiger partial charge in [-0.05, 0) is 41.3 Å². The summed E-state index contributed by atoms with van der Waals surface area (Å²) < 4.78 is 11.6. The Balaban J connectivity index is 1.44. The zero-order valence-corrected chi connectivity index (χ0v) is 21.0. The maximum Gasteiger partial charge on any atom is 0.134 e. The fourth-order valence-corrected chi connectivity index (χ4v) is 4.45. The molecular weight excluding hydrogens is 498 g/mol. The number of benzene rings is 3. The van der Waals surface area contributed by atoms with Crippen LogP contribution >= 0.6 is 11.6 Å². The molecule has 0 aromatic heterocycles. The van der Waals surface area contributed by atoms with Gasteiger partial charge in [0.15, 0.2) is 0 Å². The minimum Gasteiger partial charge on any atom is -0.487 e. The fraction of sp³-hybridized carbons (Fsp3) is 0.321. The van der Waals surface area contributed by atoms with Crippen LogP contribution < -0.4 is 4.74 Å². The second-order valence-electron chi connectivity index (χ2n) is 8.80. The molecule has 0 spiro atoms. The van der Waals surface area contributed by atoms with Gasteiger partial charge in [-0.2, -0.15) is 0 Å². The lowest BCUT2D eigenvalue weighted by Crippen LogP contribution is -2.55. The number of aliphatic hydroxyl groups excluding tert-OH is 4. The van der Waals surface area contributed by atoms with E-state index in [1.807, 2.05) is 54.6 Å². The molecule has 0 radical (unpaired) electrons. The van der Waals surface area contributed by atoms with Crippen LogP contribution in [0.4, 0.5) is 0 Å². The first-order chi connectivity index (χ1) is 17.9. The molecule has 0 amide bonds. The lowest BCUT2D eigenvalue weighted by atomic mass is 9.90. The molecular formula is C28H30ClNO7. The van der Waals surface area contributed by atoms with Crippen LogP contribution in [0.25, 0.3) is 0 Å². The Labute approximate surface area is 220 Å². The van der Waals surface area contributed by atoms with Crippen LogP contribution in [0.2, 0.25) is 5.02 Å². The van der Waals surface area contributed by atoms with E-state index in [9.17, 15) is 20.4 Å². The minimum atomic E-state index is -1.45. The van der Waals surface area contributed by atoms with Crippen LogP contribution in [0.5, 0.6) is 5.75 Å². The van der Waals surface area contributed by atoms with E-state index in [-0.39, 0.29) is 6.61 Å². The standard InChI is InChI=1S/C28H30ClNO7/c1-35-30-23(18-5-3-2-4-6-18)16-36-21-10-7-17(8-11-21)13-20-14-19(9-12-22(20)29)28-27(34)26(33)25(32)24(15-31)37-28/h2-12,14,24-28,31-34H,13,15-16H2,1H3/b30-23-/t24-,25-,26+,27-,28+/m1/s1. The SMILES string of the molecule is CO/N=C(/COc1ccc(Cc2cc([C@@H]3O[C@H](CO)[C@@H](O)[C@H](O)[C@H]3O)ccc2Cl)cc1)c1ccccc1. The summed E-state index contributed by atoms with van der Waals surface area (Å²) in [5, 5.41) is 44.8. The second-order valence-corrected chi connectivity index (χ2v) is 9.20. The van der Waals surface area contributed by atoms with Gasteiger partial charge in [0, 0.05) is 10.6 Å². The first kappa shape index (κ1) is 27.1. The molecule has 0 bridgehead atoms. The van der Waals surface area contributed by atoms with E-state index in [0.717, 1.165) is 16.7 Å². The molecule has 1 heterocycles. The van der Waals surface area contributed by atoms with E-state index in [1.54, 1.807) is 18.2 Å². The van der Waals surface area contributed by atoms with Gasteiger partial charge in [-0.3, -0.25) is 0 Å². The van der Waals surface area contributed by atoms with Gasteiger partial charge in [-0.1, -0.05) is 71.4 Å². The van der Waals surface area contributed by atoms with Crippen LogP contribution in [0.3, 0.4) is 0 Å². The Bertz CT molecular complexity index is 1190. The van der Waals surface area contributed by atoms with Gasteiger partial charge in [0.2, 0.25) is 0 Å². The van der Waals surface area contributed by atoms with Crippen molar-refractivity contribution in [1.82, 2.24) is 0 Å². The van der Waals surface area contributed by atoms with Crippen molar-refractivity contribution in [2.24, 2.45) is 5.16 Å². The summed E-state index contributed by atoms with van der Waals surface area (Å²) in [5.41, 5.74) is 3.94. The number of oxime groups is 1. The molecule has 1 saturated heterocycles. The topological polar surface area (TPSA) is 121 Å². The maximum absolute atomic E-state index is 10.5. The van der Waals surface area contributed by atoms with Crippen LogP contribution in [0, 0.1) is 0 Å². The van der Waals surface area contributed by atoms with Crippen molar-refractivity contribution in [3.63, 3.8) is 0 Å². The normalized spacial score (nSPS) is 24.1. The molecule has 1 aliphatic rings. The molecule has 37 heavy (non-hydrogen) atoms.